The Kier molecular flexibility index (Phi) is 3.58. The number of H-pyrrole nitrogens is 2. The molecule has 0 saturated heterocycles. The van der Waals surface area contributed by atoms with Gasteiger partial charge in [0.05, 0.1) is 11.0 Å². The Bertz CT molecular complexity index is 709. The van der Waals surface area contributed by atoms with Gasteiger partial charge in [0, 0.05) is 11.7 Å². The molecular formula is C15H19N3O2. The molecule has 1 heterocycles. The Morgan fingerprint density at radius 2 is 1.55 bits per heavy atom. The summed E-state index contributed by atoms with van der Waals surface area (Å²) in [6.07, 6.45) is 7.58. The van der Waals surface area contributed by atoms with Crippen LogP contribution in [0.3, 0.4) is 0 Å². The SMILES string of the molecule is O=c1[nH]c2ccc(NC3CCCCCC3)cc2[nH]c1=O. The zero-order valence-corrected chi connectivity index (χ0v) is 11.4. The lowest BCUT2D eigenvalue weighted by molar-refractivity contribution is 0.620. The van der Waals surface area contributed by atoms with Crippen LogP contribution in [0.15, 0.2) is 27.8 Å². The summed E-state index contributed by atoms with van der Waals surface area (Å²) in [5.41, 5.74) is 1.09. The van der Waals surface area contributed by atoms with Crippen molar-refractivity contribution in [3.05, 3.63) is 38.9 Å². The number of hydrogen-bond donors (Lipinski definition) is 3. The van der Waals surface area contributed by atoms with Crippen molar-refractivity contribution in [2.75, 3.05) is 5.32 Å². The average Bonchev–Trinajstić information content (AvgIpc) is 2.69. The molecule has 20 heavy (non-hydrogen) atoms. The molecule has 1 saturated carbocycles. The van der Waals surface area contributed by atoms with Gasteiger partial charge in [0.2, 0.25) is 0 Å². The molecule has 0 amide bonds. The van der Waals surface area contributed by atoms with Gasteiger partial charge < -0.3 is 15.3 Å². The van der Waals surface area contributed by atoms with E-state index < -0.39 is 11.1 Å². The maximum atomic E-state index is 11.4. The van der Waals surface area contributed by atoms with Crippen molar-refractivity contribution in [3.63, 3.8) is 0 Å². The number of fused-ring (bicyclic) bond motifs is 1. The third-order valence-corrected chi connectivity index (χ3v) is 3.95. The first-order valence-corrected chi connectivity index (χ1v) is 7.25. The summed E-state index contributed by atoms with van der Waals surface area (Å²) < 4.78 is 0. The van der Waals surface area contributed by atoms with Crippen LogP contribution in [0.4, 0.5) is 5.69 Å². The van der Waals surface area contributed by atoms with Gasteiger partial charge in [-0.05, 0) is 31.0 Å². The molecule has 2 aromatic rings. The smallest absolute Gasteiger partial charge is 0.314 e. The fourth-order valence-corrected chi connectivity index (χ4v) is 2.86. The molecule has 0 radical (unpaired) electrons. The summed E-state index contributed by atoms with van der Waals surface area (Å²) in [4.78, 5) is 27.8. The third kappa shape index (κ3) is 2.76. The average molecular weight is 273 g/mol. The third-order valence-electron chi connectivity index (χ3n) is 3.95. The van der Waals surface area contributed by atoms with Crippen LogP contribution in [0.2, 0.25) is 0 Å². The molecule has 1 aliphatic carbocycles. The highest BCUT2D eigenvalue weighted by Gasteiger charge is 2.12. The van der Waals surface area contributed by atoms with E-state index in [0.29, 0.717) is 17.1 Å². The Morgan fingerprint density at radius 1 is 0.900 bits per heavy atom. The zero-order valence-electron chi connectivity index (χ0n) is 11.4. The van der Waals surface area contributed by atoms with E-state index in [1.165, 1.54) is 38.5 Å². The van der Waals surface area contributed by atoms with Crippen LogP contribution in [0.25, 0.3) is 11.0 Å². The van der Waals surface area contributed by atoms with E-state index in [0.717, 1.165) is 5.69 Å². The molecule has 0 unspecified atom stereocenters. The molecule has 1 fully saturated rings. The van der Waals surface area contributed by atoms with Gasteiger partial charge in [0.1, 0.15) is 0 Å². The summed E-state index contributed by atoms with van der Waals surface area (Å²) in [7, 11) is 0. The minimum atomic E-state index is -0.609. The first-order chi connectivity index (χ1) is 9.72. The summed E-state index contributed by atoms with van der Waals surface area (Å²) in [6, 6.07) is 6.16. The summed E-state index contributed by atoms with van der Waals surface area (Å²) in [5.74, 6) is 0. The van der Waals surface area contributed by atoms with Gasteiger partial charge >= 0.3 is 11.1 Å². The summed E-state index contributed by atoms with van der Waals surface area (Å²) in [5, 5.41) is 3.53. The van der Waals surface area contributed by atoms with Crippen molar-refractivity contribution >= 4 is 16.7 Å². The van der Waals surface area contributed by atoms with Crippen molar-refractivity contribution in [1.82, 2.24) is 9.97 Å². The quantitative estimate of drug-likeness (QED) is 0.580. The highest BCUT2D eigenvalue weighted by atomic mass is 16.2. The molecule has 5 heteroatoms. The van der Waals surface area contributed by atoms with E-state index in [-0.39, 0.29) is 0 Å². The van der Waals surface area contributed by atoms with E-state index in [9.17, 15) is 9.59 Å². The standard InChI is InChI=1S/C15H19N3O2/c19-14-15(20)18-13-9-11(7-8-12(13)17-14)16-10-5-3-1-2-4-6-10/h7-10,16H,1-6H2,(H,17,19)(H,18,20). The zero-order chi connectivity index (χ0) is 13.9. The van der Waals surface area contributed by atoms with Gasteiger partial charge in [0.15, 0.2) is 0 Å². The van der Waals surface area contributed by atoms with Crippen LogP contribution >= 0.6 is 0 Å². The predicted molar refractivity (Wildman–Crippen MR) is 80.3 cm³/mol. The summed E-state index contributed by atoms with van der Waals surface area (Å²) in [6.45, 7) is 0. The highest BCUT2D eigenvalue weighted by molar-refractivity contribution is 5.78. The minimum absolute atomic E-state index is 0.504. The van der Waals surface area contributed by atoms with Crippen molar-refractivity contribution < 1.29 is 0 Å². The van der Waals surface area contributed by atoms with Crippen molar-refractivity contribution in [3.8, 4) is 0 Å². The molecule has 1 aromatic carbocycles. The van der Waals surface area contributed by atoms with Gasteiger partial charge in [-0.2, -0.15) is 0 Å². The molecule has 3 N–H and O–H groups in total. The van der Waals surface area contributed by atoms with E-state index in [1.54, 1.807) is 0 Å². The maximum Gasteiger partial charge on any atom is 0.314 e. The lowest BCUT2D eigenvalue weighted by Gasteiger charge is -2.17. The second kappa shape index (κ2) is 5.53. The number of benzene rings is 1. The van der Waals surface area contributed by atoms with E-state index in [1.807, 2.05) is 18.2 Å². The fourth-order valence-electron chi connectivity index (χ4n) is 2.86. The molecule has 1 aromatic heterocycles. The van der Waals surface area contributed by atoms with Gasteiger partial charge in [-0.15, -0.1) is 0 Å². The maximum absolute atomic E-state index is 11.4. The molecule has 5 nitrogen and oxygen atoms in total. The van der Waals surface area contributed by atoms with Crippen molar-refractivity contribution in [2.24, 2.45) is 0 Å². The largest absolute Gasteiger partial charge is 0.382 e. The van der Waals surface area contributed by atoms with Gasteiger partial charge in [-0.3, -0.25) is 9.59 Å². The molecule has 0 spiro atoms. The van der Waals surface area contributed by atoms with Gasteiger partial charge in [-0.1, -0.05) is 25.7 Å². The van der Waals surface area contributed by atoms with Crippen LogP contribution in [-0.4, -0.2) is 16.0 Å². The van der Waals surface area contributed by atoms with Crippen LogP contribution in [0.1, 0.15) is 38.5 Å². The van der Waals surface area contributed by atoms with Crippen LogP contribution in [-0.2, 0) is 0 Å². The summed E-state index contributed by atoms with van der Waals surface area (Å²) >= 11 is 0. The molecule has 106 valence electrons. The Balaban J connectivity index is 1.86. The van der Waals surface area contributed by atoms with Crippen LogP contribution in [0, 0.1) is 0 Å². The molecule has 1 aliphatic rings. The lowest BCUT2D eigenvalue weighted by atomic mass is 10.1. The molecular weight excluding hydrogens is 254 g/mol. The number of hydrogen-bond acceptors (Lipinski definition) is 3. The Morgan fingerprint density at radius 3 is 2.25 bits per heavy atom. The van der Waals surface area contributed by atoms with Gasteiger partial charge in [0.25, 0.3) is 0 Å². The van der Waals surface area contributed by atoms with E-state index in [4.69, 9.17) is 0 Å². The topological polar surface area (TPSA) is 77.8 Å². The predicted octanol–water partition coefficient (Wildman–Crippen LogP) is 2.35. The van der Waals surface area contributed by atoms with Crippen LogP contribution in [0.5, 0.6) is 0 Å². The Labute approximate surface area is 116 Å². The van der Waals surface area contributed by atoms with Crippen molar-refractivity contribution in [2.45, 2.75) is 44.6 Å². The molecule has 0 atom stereocenters. The Hall–Kier alpha value is -2.04. The molecule has 0 bridgehead atoms. The minimum Gasteiger partial charge on any atom is -0.382 e. The van der Waals surface area contributed by atoms with Crippen molar-refractivity contribution in [1.29, 1.82) is 0 Å². The number of aromatic amines is 2. The highest BCUT2D eigenvalue weighted by Crippen LogP contribution is 2.22. The van der Waals surface area contributed by atoms with E-state index >= 15 is 0 Å². The van der Waals surface area contributed by atoms with E-state index in [2.05, 4.69) is 15.3 Å². The van der Waals surface area contributed by atoms with Crippen LogP contribution < -0.4 is 16.4 Å². The fraction of sp³-hybridized carbons (Fsp3) is 0.467. The monoisotopic (exact) mass is 273 g/mol. The number of nitrogens with one attached hydrogen (secondary N) is 3. The molecule has 3 rings (SSSR count). The molecule has 0 aliphatic heterocycles. The lowest BCUT2D eigenvalue weighted by Crippen LogP contribution is -2.29. The number of anilines is 1. The first kappa shape index (κ1) is 13.0. The number of aromatic nitrogens is 2. The second-order valence-electron chi connectivity index (χ2n) is 5.50. The number of rotatable bonds is 2. The van der Waals surface area contributed by atoms with Gasteiger partial charge in [-0.25, -0.2) is 0 Å². The normalized spacial score (nSPS) is 17.0. The second-order valence-corrected chi connectivity index (χ2v) is 5.50. The first-order valence-electron chi connectivity index (χ1n) is 7.25.